The summed E-state index contributed by atoms with van der Waals surface area (Å²) in [6.07, 6.45) is 0. The van der Waals surface area contributed by atoms with Gasteiger partial charge in [-0.2, -0.15) is 16.8 Å². The van der Waals surface area contributed by atoms with Gasteiger partial charge >= 0.3 is 0 Å². The Morgan fingerprint density at radius 3 is 1.59 bits per heavy atom. The fourth-order valence-corrected chi connectivity index (χ4v) is 4.09. The van der Waals surface area contributed by atoms with E-state index in [4.69, 9.17) is 36.5 Å². The van der Waals surface area contributed by atoms with Gasteiger partial charge in [0.25, 0.3) is 25.9 Å². The second-order valence-electron chi connectivity index (χ2n) is 7.60. The molecule has 41 heavy (non-hydrogen) atoms. The average Bonchev–Trinajstić information content (AvgIpc) is 2.77. The van der Waals surface area contributed by atoms with E-state index < -0.39 is 40.7 Å². The summed E-state index contributed by atoms with van der Waals surface area (Å²) in [7, 11) is -9.14. The molecule has 210 valence electrons. The van der Waals surface area contributed by atoms with Crippen LogP contribution in [0, 0.1) is 10.1 Å². The Hall–Kier alpha value is -2.20. The van der Waals surface area contributed by atoms with Crippen molar-refractivity contribution in [3.05, 3.63) is 76.8 Å². The van der Waals surface area contributed by atoms with Gasteiger partial charge in [-0.05, 0) is 47.9 Å². The molecule has 11 N–H and O–H groups in total. The number of nitrogens with two attached hydrogens (primary N) is 3. The molecule has 0 aliphatic heterocycles. The molecular formula is C22H22KN4NaO11S2. The van der Waals surface area contributed by atoms with Crippen LogP contribution in [-0.2, 0) is 20.2 Å². The van der Waals surface area contributed by atoms with Crippen LogP contribution in [0.5, 0.6) is 17.2 Å². The third kappa shape index (κ3) is 11.5. The van der Waals surface area contributed by atoms with Crippen LogP contribution in [0.2, 0.25) is 0 Å². The molecule has 0 saturated carbocycles. The fourth-order valence-electron chi connectivity index (χ4n) is 3.00. The number of phenols is 3. The normalized spacial score (nSPS) is 10.5. The van der Waals surface area contributed by atoms with Gasteiger partial charge in [0, 0.05) is 116 Å². The Labute approximate surface area is 298 Å². The number of anilines is 3. The molecule has 0 aromatic heterocycles. The molecule has 4 aromatic rings. The van der Waals surface area contributed by atoms with Crippen molar-refractivity contribution < 1.29 is 46.2 Å². The Kier molecular flexibility index (Phi) is 15.0. The predicted molar refractivity (Wildman–Crippen MR) is 153 cm³/mol. The summed E-state index contributed by atoms with van der Waals surface area (Å²) in [5.74, 6) is -0.371. The molecule has 15 nitrogen and oxygen atoms in total. The number of hydrogen-bond donors (Lipinski definition) is 8. The first kappa shape index (κ1) is 38.8. The van der Waals surface area contributed by atoms with E-state index >= 15 is 0 Å². The number of aromatic hydroxyl groups is 3. The third-order valence-electron chi connectivity index (χ3n) is 4.68. The molecule has 0 aliphatic rings. The Morgan fingerprint density at radius 1 is 0.707 bits per heavy atom. The molecule has 0 spiro atoms. The molecule has 0 atom stereocenters. The van der Waals surface area contributed by atoms with Crippen molar-refractivity contribution >= 4 is 135 Å². The minimum absolute atomic E-state index is 0. The maximum absolute atomic E-state index is 11.1. The van der Waals surface area contributed by atoms with E-state index in [0.29, 0.717) is 5.69 Å². The first-order valence-electron chi connectivity index (χ1n) is 10.2. The molecule has 0 heterocycles. The van der Waals surface area contributed by atoms with Gasteiger partial charge in [-0.1, -0.05) is 6.07 Å². The fraction of sp³-hybridized carbons (Fsp3) is 0. The number of benzene rings is 4. The number of nitro groups is 1. The zero-order valence-corrected chi connectivity index (χ0v) is 28.3. The maximum atomic E-state index is 11.1. The van der Waals surface area contributed by atoms with E-state index in [1.54, 1.807) is 6.07 Å². The van der Waals surface area contributed by atoms with Gasteiger partial charge in [-0.3, -0.25) is 19.2 Å². The molecule has 4 aromatic carbocycles. The van der Waals surface area contributed by atoms with Crippen LogP contribution in [0.3, 0.4) is 0 Å². The summed E-state index contributed by atoms with van der Waals surface area (Å²) in [4.78, 5) is 8.48. The quantitative estimate of drug-likeness (QED) is 0.0518. The predicted octanol–water partition coefficient (Wildman–Crippen LogP) is 1.72. The monoisotopic (exact) mass is 644 g/mol. The standard InChI is InChI=1S/C10H9NO7S2.C6H7N3O2.C6H6O2.K.Na/c11-8-3-6(19(13,14)15)1-5-2-7(20(16,17)18)4-9(12)10(5)8;7-4-1-2-6(9(10)11)5(8)3-4;7-5-2-1-3-6(8)4-5;;/h1-4,12H,11H2,(H,13,14,15)(H,16,17,18);1-3H,7-8H2;1-4,7-8H;;. The second kappa shape index (κ2) is 15.9. The van der Waals surface area contributed by atoms with Gasteiger partial charge < -0.3 is 32.5 Å². The van der Waals surface area contributed by atoms with Crippen LogP contribution in [0.15, 0.2) is 76.5 Å². The molecule has 0 aliphatic carbocycles. The molecule has 19 heteroatoms. The number of nitrogen functional groups attached to an aromatic ring is 3. The minimum Gasteiger partial charge on any atom is -0.508 e. The van der Waals surface area contributed by atoms with E-state index in [1.807, 2.05) is 0 Å². The topological polar surface area (TPSA) is 291 Å². The number of phenolic OH excluding ortho intramolecular Hbond substituents is 3. The number of nitro benzene ring substituents is 1. The second-order valence-corrected chi connectivity index (χ2v) is 10.4. The van der Waals surface area contributed by atoms with Crippen molar-refractivity contribution in [2.75, 3.05) is 17.2 Å². The van der Waals surface area contributed by atoms with Crippen LogP contribution in [0.1, 0.15) is 0 Å². The van der Waals surface area contributed by atoms with Crippen molar-refractivity contribution in [2.45, 2.75) is 9.79 Å². The Bertz CT molecular complexity index is 1680. The van der Waals surface area contributed by atoms with E-state index in [2.05, 4.69) is 0 Å². The first-order valence-corrected chi connectivity index (χ1v) is 13.1. The average molecular weight is 645 g/mol. The van der Waals surface area contributed by atoms with Gasteiger partial charge in [0.15, 0.2) is 0 Å². The first-order chi connectivity index (χ1) is 17.9. The molecule has 0 amide bonds. The smallest absolute Gasteiger partial charge is 0.294 e. The molecule has 0 unspecified atom stereocenters. The summed E-state index contributed by atoms with van der Waals surface area (Å²) in [6, 6.07) is 13.5. The minimum atomic E-state index is -4.59. The molecule has 0 saturated heterocycles. The number of hydrogen-bond acceptors (Lipinski definition) is 12. The van der Waals surface area contributed by atoms with Crippen molar-refractivity contribution in [1.29, 1.82) is 0 Å². The summed E-state index contributed by atoms with van der Waals surface area (Å²) in [5, 5.41) is 37.2. The van der Waals surface area contributed by atoms with E-state index in [9.17, 15) is 32.1 Å². The zero-order valence-electron chi connectivity index (χ0n) is 21.5. The number of nitrogens with zero attached hydrogens (tertiary/aromatic N) is 1. The Morgan fingerprint density at radius 2 is 1.20 bits per heavy atom. The molecule has 4 rings (SSSR count). The van der Waals surface area contributed by atoms with Crippen LogP contribution in [0.25, 0.3) is 10.8 Å². The van der Waals surface area contributed by atoms with Crippen LogP contribution < -0.4 is 17.2 Å². The van der Waals surface area contributed by atoms with Crippen LogP contribution >= 0.6 is 0 Å². The summed E-state index contributed by atoms with van der Waals surface area (Å²) < 4.78 is 62.1. The molecule has 0 fully saturated rings. The summed E-state index contributed by atoms with van der Waals surface area (Å²) >= 11 is 0. The van der Waals surface area contributed by atoms with Crippen molar-refractivity contribution in [3.63, 3.8) is 0 Å². The van der Waals surface area contributed by atoms with E-state index in [0.717, 1.165) is 24.3 Å². The SMILES string of the molecule is Nc1cc(S(=O)(=O)O)cc2cc(S(=O)(=O)O)cc(O)c12.Nc1ccc([N+](=O)[O-])c(N)c1.Oc1cccc(O)c1.[K].[Na]. The third-order valence-corrected chi connectivity index (χ3v) is 6.34. The van der Waals surface area contributed by atoms with Gasteiger partial charge in [0.2, 0.25) is 0 Å². The number of fused-ring (bicyclic) bond motifs is 1. The van der Waals surface area contributed by atoms with Crippen molar-refractivity contribution in [1.82, 2.24) is 0 Å². The van der Waals surface area contributed by atoms with E-state index in [-0.39, 0.29) is 120 Å². The van der Waals surface area contributed by atoms with Crippen molar-refractivity contribution in [3.8, 4) is 17.2 Å². The zero-order chi connectivity index (χ0) is 29.7. The molecular weight excluding hydrogens is 622 g/mol. The Balaban J connectivity index is 0.000000644. The summed E-state index contributed by atoms with van der Waals surface area (Å²) in [5.41, 5.74) is 16.4. The van der Waals surface area contributed by atoms with Crippen LogP contribution in [0.4, 0.5) is 22.7 Å². The summed E-state index contributed by atoms with van der Waals surface area (Å²) in [6.45, 7) is 0. The van der Waals surface area contributed by atoms with Gasteiger partial charge in [0.1, 0.15) is 22.9 Å². The van der Waals surface area contributed by atoms with E-state index in [1.165, 1.54) is 36.4 Å². The molecule has 2 radical (unpaired) electrons. The van der Waals surface area contributed by atoms with Gasteiger partial charge in [-0.15, -0.1) is 0 Å². The van der Waals surface area contributed by atoms with Crippen LogP contribution in [-0.4, -0.2) is 127 Å². The van der Waals surface area contributed by atoms with Gasteiger partial charge in [0.05, 0.1) is 14.7 Å². The van der Waals surface area contributed by atoms with Crippen molar-refractivity contribution in [2.24, 2.45) is 0 Å². The molecule has 0 bridgehead atoms. The largest absolute Gasteiger partial charge is 0.508 e. The number of rotatable bonds is 3. The maximum Gasteiger partial charge on any atom is 0.294 e. The van der Waals surface area contributed by atoms with Gasteiger partial charge in [-0.25, -0.2) is 0 Å².